The number of amides is 1. The minimum Gasteiger partial charge on any atom is -0.392 e. The van der Waals surface area contributed by atoms with Gasteiger partial charge in [0.15, 0.2) is 0 Å². The van der Waals surface area contributed by atoms with E-state index >= 15 is 0 Å². The summed E-state index contributed by atoms with van der Waals surface area (Å²) in [5.74, 6) is -0.0907. The first-order chi connectivity index (χ1) is 11.2. The molecule has 1 aromatic heterocycles. The lowest BCUT2D eigenvalue weighted by molar-refractivity contribution is -0.117. The highest BCUT2D eigenvalue weighted by molar-refractivity contribution is 7.16. The molecule has 1 atom stereocenters. The molecule has 1 aromatic rings. The summed E-state index contributed by atoms with van der Waals surface area (Å²) in [4.78, 5) is 15.5. The van der Waals surface area contributed by atoms with Crippen molar-refractivity contribution in [2.45, 2.75) is 51.0 Å². The third kappa shape index (κ3) is 3.92. The Morgan fingerprint density at radius 2 is 2.17 bits per heavy atom. The van der Waals surface area contributed by atoms with Crippen molar-refractivity contribution in [1.82, 2.24) is 4.90 Å². The summed E-state index contributed by atoms with van der Waals surface area (Å²) in [5.41, 5.74) is 1.82. The first-order valence-electron chi connectivity index (χ1n) is 8.42. The van der Waals surface area contributed by atoms with E-state index in [-0.39, 0.29) is 18.6 Å². The molecule has 0 aromatic carbocycles. The quantitative estimate of drug-likeness (QED) is 0.832. The van der Waals surface area contributed by atoms with Crippen LogP contribution < -0.4 is 5.32 Å². The minimum absolute atomic E-state index is 0.0907. The zero-order valence-corrected chi connectivity index (χ0v) is 14.1. The van der Waals surface area contributed by atoms with Gasteiger partial charge in [-0.05, 0) is 50.6 Å². The van der Waals surface area contributed by atoms with E-state index in [0.29, 0.717) is 17.1 Å². The first kappa shape index (κ1) is 16.4. The lowest BCUT2D eigenvalue weighted by Gasteiger charge is -2.29. The maximum absolute atomic E-state index is 12.3. The Labute approximate surface area is 140 Å². The number of fused-ring (bicyclic) bond motifs is 1. The van der Waals surface area contributed by atoms with Gasteiger partial charge in [0.05, 0.1) is 18.2 Å². The fraction of sp³-hybridized carbons (Fsp3) is 0.647. The lowest BCUT2D eigenvalue weighted by Crippen LogP contribution is -2.42. The average molecular weight is 333 g/mol. The van der Waals surface area contributed by atoms with Gasteiger partial charge in [-0.25, -0.2) is 0 Å². The Morgan fingerprint density at radius 1 is 1.35 bits per heavy atom. The molecule has 1 fully saturated rings. The second-order valence-corrected chi connectivity index (χ2v) is 7.56. The van der Waals surface area contributed by atoms with Gasteiger partial charge in [0.2, 0.25) is 5.91 Å². The van der Waals surface area contributed by atoms with Gasteiger partial charge in [-0.3, -0.25) is 9.69 Å². The highest BCUT2D eigenvalue weighted by atomic mass is 32.1. The third-order valence-corrected chi connectivity index (χ3v) is 5.84. The number of hydrogen-bond donors (Lipinski definition) is 2. The van der Waals surface area contributed by atoms with Crippen molar-refractivity contribution in [2.75, 3.05) is 25.0 Å². The van der Waals surface area contributed by atoms with E-state index in [0.717, 1.165) is 50.6 Å². The van der Waals surface area contributed by atoms with Crippen LogP contribution in [0.2, 0.25) is 0 Å². The Morgan fingerprint density at radius 3 is 2.96 bits per heavy atom. The maximum atomic E-state index is 12.3. The molecule has 0 bridgehead atoms. The number of nitrogens with one attached hydrogen (secondary N) is 1. The van der Waals surface area contributed by atoms with Crippen LogP contribution in [0.25, 0.3) is 0 Å². The second-order valence-electron chi connectivity index (χ2n) is 6.46. The highest BCUT2D eigenvalue weighted by Gasteiger charge is 2.23. The maximum Gasteiger partial charge on any atom is 0.239 e. The number of rotatable bonds is 3. The molecule has 1 aliphatic carbocycles. The van der Waals surface area contributed by atoms with Crippen molar-refractivity contribution >= 4 is 22.2 Å². The van der Waals surface area contributed by atoms with Crippen molar-refractivity contribution in [3.8, 4) is 6.07 Å². The monoisotopic (exact) mass is 333 g/mol. The zero-order valence-electron chi connectivity index (χ0n) is 13.3. The van der Waals surface area contributed by atoms with Crippen LogP contribution in [0.4, 0.5) is 5.00 Å². The number of nitrogens with zero attached hydrogens (tertiary/aromatic N) is 2. The Balaban J connectivity index is 1.67. The molecule has 3 rings (SSSR count). The van der Waals surface area contributed by atoms with E-state index in [9.17, 15) is 15.2 Å². The van der Waals surface area contributed by atoms with Crippen LogP contribution in [0.5, 0.6) is 0 Å². The Kier molecular flexibility index (Phi) is 5.31. The molecule has 0 saturated carbocycles. The van der Waals surface area contributed by atoms with E-state index < -0.39 is 0 Å². The summed E-state index contributed by atoms with van der Waals surface area (Å²) in [6.07, 6.45) is 6.87. The number of hydrogen-bond acceptors (Lipinski definition) is 5. The van der Waals surface area contributed by atoms with Gasteiger partial charge < -0.3 is 10.4 Å². The van der Waals surface area contributed by atoms with Crippen molar-refractivity contribution in [3.63, 3.8) is 0 Å². The van der Waals surface area contributed by atoms with Crippen LogP contribution >= 0.6 is 11.3 Å². The molecule has 2 heterocycles. The lowest BCUT2D eigenvalue weighted by atomic mass is 10.1. The molecule has 2 N–H and O–H groups in total. The summed E-state index contributed by atoms with van der Waals surface area (Å²) in [5, 5.41) is 22.8. The van der Waals surface area contributed by atoms with Gasteiger partial charge in [0.1, 0.15) is 11.1 Å². The van der Waals surface area contributed by atoms with Crippen LogP contribution in [0.3, 0.4) is 0 Å². The number of β-amino-alcohol motifs (C(OH)–C–C–N with tert-alkyl or cyclic N) is 1. The first-order valence-corrected chi connectivity index (χ1v) is 9.24. The normalized spacial score (nSPS) is 22.0. The molecule has 124 valence electrons. The van der Waals surface area contributed by atoms with E-state index in [1.807, 2.05) is 4.90 Å². The third-order valence-electron chi connectivity index (χ3n) is 4.63. The van der Waals surface area contributed by atoms with Gasteiger partial charge in [-0.1, -0.05) is 6.42 Å². The van der Waals surface area contributed by atoms with Crippen molar-refractivity contribution < 1.29 is 9.90 Å². The van der Waals surface area contributed by atoms with Crippen LogP contribution in [0.15, 0.2) is 0 Å². The van der Waals surface area contributed by atoms with E-state index in [1.54, 1.807) is 11.3 Å². The molecule has 0 spiro atoms. The molecule has 1 amide bonds. The molecule has 1 unspecified atom stereocenters. The number of carbonyl (C=O) groups is 1. The fourth-order valence-corrected chi connectivity index (χ4v) is 4.75. The predicted molar refractivity (Wildman–Crippen MR) is 90.6 cm³/mol. The van der Waals surface area contributed by atoms with Crippen LogP contribution in [0.1, 0.15) is 48.1 Å². The number of anilines is 1. The smallest absolute Gasteiger partial charge is 0.239 e. The predicted octanol–water partition coefficient (Wildman–Crippen LogP) is 2.28. The average Bonchev–Trinajstić information content (AvgIpc) is 2.67. The molecule has 0 radical (unpaired) electrons. The molecular formula is C17H23N3O2S. The second kappa shape index (κ2) is 7.43. The number of piperidine rings is 1. The van der Waals surface area contributed by atoms with Crippen molar-refractivity contribution in [1.29, 1.82) is 5.26 Å². The van der Waals surface area contributed by atoms with Gasteiger partial charge in [-0.15, -0.1) is 11.3 Å². The summed E-state index contributed by atoms with van der Waals surface area (Å²) in [7, 11) is 0. The van der Waals surface area contributed by atoms with Gasteiger partial charge >= 0.3 is 0 Å². The summed E-state index contributed by atoms with van der Waals surface area (Å²) < 4.78 is 0. The Hall–Kier alpha value is -1.42. The molecule has 5 nitrogen and oxygen atoms in total. The number of aliphatic hydroxyl groups excluding tert-OH is 1. The molecule has 1 saturated heterocycles. The SMILES string of the molecule is N#Cc1c(NC(=O)CN2CCCC(O)C2)sc2c1CCCCC2. The van der Waals surface area contributed by atoms with E-state index in [4.69, 9.17) is 0 Å². The van der Waals surface area contributed by atoms with Gasteiger partial charge in [-0.2, -0.15) is 5.26 Å². The highest BCUT2D eigenvalue weighted by Crippen LogP contribution is 2.36. The fourth-order valence-electron chi connectivity index (χ4n) is 3.49. The minimum atomic E-state index is -0.330. The van der Waals surface area contributed by atoms with Crippen LogP contribution in [0, 0.1) is 11.3 Å². The van der Waals surface area contributed by atoms with E-state index in [1.165, 1.54) is 11.3 Å². The molecule has 2 aliphatic rings. The topological polar surface area (TPSA) is 76.4 Å². The molecule has 23 heavy (non-hydrogen) atoms. The number of aliphatic hydroxyl groups is 1. The van der Waals surface area contributed by atoms with Crippen LogP contribution in [-0.2, 0) is 17.6 Å². The summed E-state index contributed by atoms with van der Waals surface area (Å²) in [6, 6.07) is 2.29. The molecule has 1 aliphatic heterocycles. The molecule has 6 heteroatoms. The summed E-state index contributed by atoms with van der Waals surface area (Å²) in [6.45, 7) is 1.68. The van der Waals surface area contributed by atoms with Crippen LogP contribution in [-0.4, -0.2) is 41.7 Å². The standard InChI is InChI=1S/C17H23N3O2S/c18-9-14-13-6-2-1-3-7-15(13)23-17(14)19-16(22)11-20-8-4-5-12(21)10-20/h12,21H,1-8,10-11H2,(H,19,22). The Bertz CT molecular complexity index is 620. The number of carbonyl (C=O) groups excluding carboxylic acids is 1. The summed E-state index contributed by atoms with van der Waals surface area (Å²) >= 11 is 1.57. The number of likely N-dealkylation sites (tertiary alicyclic amines) is 1. The molecular weight excluding hydrogens is 310 g/mol. The van der Waals surface area contributed by atoms with Crippen molar-refractivity contribution in [3.05, 3.63) is 16.0 Å². The van der Waals surface area contributed by atoms with Gasteiger partial charge in [0.25, 0.3) is 0 Å². The van der Waals surface area contributed by atoms with E-state index in [2.05, 4.69) is 11.4 Å². The number of nitriles is 1. The van der Waals surface area contributed by atoms with Gasteiger partial charge in [0, 0.05) is 11.4 Å². The number of thiophene rings is 1. The zero-order chi connectivity index (χ0) is 16.2. The number of aryl methyl sites for hydroxylation is 1. The van der Waals surface area contributed by atoms with Crippen molar-refractivity contribution in [2.24, 2.45) is 0 Å². The largest absolute Gasteiger partial charge is 0.392 e.